The molecule has 0 aromatic heterocycles. The van der Waals surface area contributed by atoms with Crippen LogP contribution < -0.4 is 0 Å². The molecule has 0 heterocycles. The van der Waals surface area contributed by atoms with Crippen LogP contribution in [0.25, 0.3) is 22.3 Å². The molecular formula is C83H120F3Mo2N2O5S-. The van der Waals surface area contributed by atoms with Gasteiger partial charge in [-0.05, 0) is 80.0 Å². The molecule has 0 unspecified atom stereocenters. The predicted octanol–water partition coefficient (Wildman–Crippen LogP) is 23.6. The summed E-state index contributed by atoms with van der Waals surface area (Å²) in [6, 6.07) is 37.7. The maximum Gasteiger partial charge on any atom is 0.522 e. The number of para-hydroxylation sites is 1. The van der Waals surface area contributed by atoms with E-state index in [0.717, 1.165) is 59.7 Å². The topological polar surface area (TPSA) is 109 Å². The molecule has 8 aliphatic rings. The summed E-state index contributed by atoms with van der Waals surface area (Å²) >= 11 is -0.705. The Labute approximate surface area is 597 Å². The number of phenolic OH excluding ortho intramolecular Hbond substituents is 1. The molecule has 0 spiro atoms. The summed E-state index contributed by atoms with van der Waals surface area (Å²) in [5.74, 6) is 8.88. The molecular weight excluding hydrogens is 1390 g/mol. The standard InChI is InChI=1S/C36H50O.2C10H15N.2C10H12.C4H9O.CHF3O3S.2CH3.2Mo/c1-20(2)26-16-30(22(5)6)34(31(17-26)23(7)8)28-14-13-15-29(36(28)37)35-32(24(9)10)18-27(21(3)4)19-33(35)25(11)12;2*11-10-4-7-1-8(5-10)3-9(2-7)6-10;2*1-10(2,3)9-7-5-4-6-8-9;1-3-4-5-2;2-1(3,4)8(5,6)7;;;;/h13-25,37H,1-12H3;2*7-9H,1-6H2;2*1,4-8H,2-3H3;1,3-4H2,2H3;(H,5,6,7);2*1H3;;/q;;;;;-1;;2*-1;;+2. The Balaban J connectivity index is 0.000000243. The van der Waals surface area contributed by atoms with E-state index in [1.807, 2.05) is 0 Å². The van der Waals surface area contributed by atoms with E-state index in [0.29, 0.717) is 52.3 Å². The van der Waals surface area contributed by atoms with E-state index >= 15 is 0 Å². The van der Waals surface area contributed by atoms with Crippen molar-refractivity contribution < 1.29 is 71.8 Å². The Morgan fingerprint density at radius 1 is 0.562 bits per heavy atom. The second-order valence-electron chi connectivity index (χ2n) is 31.6. The van der Waals surface area contributed by atoms with Gasteiger partial charge in [-0.25, -0.2) is 0 Å². The van der Waals surface area contributed by atoms with Gasteiger partial charge in [0.15, 0.2) is 0 Å². The SMILES string of the molecule is CC(C)([CH]=[Mo+2]=[N]C12CC3CC(CC(C3)C1)C2)c1ccccc1.CC(C)([CH]=[Mo]=[N]C12CC3CC(CC(C3)C1)C2)c1ccccc1.CC(C)c1cc(C(C)C)c(-c2cccc(-c3c(C(C)C)cc(C(C)C)cc3C(C)C)c2O)c(C(C)C)c1.O=S(=O)(O)C(F)(F)F.[CH2-]CCOC.[CH3-].[CH3-]. The molecule has 0 amide bonds. The number of phenols is 1. The molecule has 0 saturated heterocycles. The third kappa shape index (κ3) is 21.4. The molecule has 0 atom stereocenters. The average Bonchev–Trinajstić information content (AvgIpc) is 0.767. The number of aromatic hydroxyl groups is 1. The van der Waals surface area contributed by atoms with Crippen LogP contribution in [0.5, 0.6) is 5.75 Å². The second kappa shape index (κ2) is 35.2. The maximum atomic E-state index is 12.1. The molecule has 532 valence electrons. The molecule has 8 saturated carbocycles. The molecule has 8 aliphatic carbocycles. The minimum absolute atomic E-state index is 0. The molecule has 0 aliphatic heterocycles. The van der Waals surface area contributed by atoms with Crippen molar-refractivity contribution in [3.8, 4) is 28.0 Å². The van der Waals surface area contributed by atoms with Crippen LogP contribution in [0.3, 0.4) is 0 Å². The van der Waals surface area contributed by atoms with Crippen LogP contribution in [0.4, 0.5) is 13.2 Å². The predicted molar refractivity (Wildman–Crippen MR) is 394 cm³/mol. The van der Waals surface area contributed by atoms with Crippen LogP contribution in [-0.2, 0) is 61.5 Å². The Hall–Kier alpha value is -3.72. The number of methoxy groups -OCH3 is 1. The number of benzene rings is 5. The summed E-state index contributed by atoms with van der Waals surface area (Å²) in [4.78, 5) is 0. The molecule has 0 radical (unpaired) electrons. The van der Waals surface area contributed by atoms with E-state index in [-0.39, 0.29) is 61.5 Å². The fraction of sp³-hybridized carbons (Fsp3) is 0.578. The number of hydrogen-bond donors (Lipinski definition) is 2. The first kappa shape index (κ1) is 82.9. The Morgan fingerprint density at radius 3 is 1.17 bits per heavy atom. The van der Waals surface area contributed by atoms with Crippen molar-refractivity contribution in [1.29, 1.82) is 0 Å². The van der Waals surface area contributed by atoms with E-state index in [1.54, 1.807) is 7.11 Å². The van der Waals surface area contributed by atoms with E-state index < -0.39 is 15.6 Å². The van der Waals surface area contributed by atoms with Crippen molar-refractivity contribution in [1.82, 2.24) is 0 Å². The Morgan fingerprint density at radius 2 is 0.885 bits per heavy atom. The van der Waals surface area contributed by atoms with Gasteiger partial charge in [0.2, 0.25) is 0 Å². The smallest absolute Gasteiger partial charge is 0.507 e. The van der Waals surface area contributed by atoms with Gasteiger partial charge in [-0.3, -0.25) is 4.55 Å². The van der Waals surface area contributed by atoms with Crippen molar-refractivity contribution in [3.05, 3.63) is 169 Å². The van der Waals surface area contributed by atoms with Crippen molar-refractivity contribution in [2.75, 3.05) is 13.7 Å². The minimum atomic E-state index is -5.84. The zero-order chi connectivity index (χ0) is 69.3. The van der Waals surface area contributed by atoms with Crippen molar-refractivity contribution in [2.24, 2.45) is 42.5 Å². The second-order valence-corrected chi connectivity index (χ2v) is 36.1. The molecule has 7 nitrogen and oxygen atoms in total. The van der Waals surface area contributed by atoms with Crippen molar-refractivity contribution >= 4 is 18.9 Å². The molecule has 13 heteroatoms. The molecule has 96 heavy (non-hydrogen) atoms. The fourth-order valence-electron chi connectivity index (χ4n) is 16.4. The van der Waals surface area contributed by atoms with Crippen LogP contribution >= 0.6 is 0 Å². The first-order valence-corrected chi connectivity index (χ1v) is 40.6. The van der Waals surface area contributed by atoms with E-state index in [2.05, 4.69) is 234 Å². The number of halogens is 3. The monoisotopic (exact) mass is 1510 g/mol. The number of nitrogens with zero attached hydrogens (tertiary/aromatic N) is 2. The first-order chi connectivity index (χ1) is 44.0. The molecule has 5 aromatic carbocycles. The van der Waals surface area contributed by atoms with Crippen LogP contribution in [0.15, 0.2) is 110 Å². The number of alkyl halides is 3. The largest absolute Gasteiger partial charge is 0.522 e. The molecule has 13 rings (SSSR count). The third-order valence-electron chi connectivity index (χ3n) is 20.7. The summed E-state index contributed by atoms with van der Waals surface area (Å²) in [5.41, 5.74) is 10.9. The Bertz CT molecular complexity index is 3220. The Kier molecular flexibility index (Phi) is 30.5. The fourth-order valence-corrected chi connectivity index (χ4v) is 20.8. The quantitative estimate of drug-likeness (QED) is 0.0443. The summed E-state index contributed by atoms with van der Waals surface area (Å²) in [6.45, 7) is 41.0. The van der Waals surface area contributed by atoms with Crippen LogP contribution in [0, 0.1) is 57.3 Å². The summed E-state index contributed by atoms with van der Waals surface area (Å²) in [5, 5.41) is 12.1. The summed E-state index contributed by atoms with van der Waals surface area (Å²) < 4.78 is 78.1. The zero-order valence-corrected chi connectivity index (χ0v) is 66.7. The van der Waals surface area contributed by atoms with E-state index in [9.17, 15) is 18.3 Å². The van der Waals surface area contributed by atoms with Gasteiger partial charge in [-0.1, -0.05) is 126 Å². The first-order valence-electron chi connectivity index (χ1n) is 35.1. The number of rotatable bonds is 16. The van der Waals surface area contributed by atoms with Gasteiger partial charge in [0.25, 0.3) is 0 Å². The molecule has 5 aromatic rings. The van der Waals surface area contributed by atoms with E-state index in [4.69, 9.17) is 20.0 Å². The third-order valence-corrected chi connectivity index (χ3v) is 27.1. The molecule has 8 fully saturated rings. The van der Waals surface area contributed by atoms with Gasteiger partial charge in [-0.2, -0.15) is 28.0 Å². The van der Waals surface area contributed by atoms with Crippen LogP contribution in [0.2, 0.25) is 0 Å². The van der Waals surface area contributed by atoms with Gasteiger partial charge in [0.05, 0.1) is 0 Å². The number of hydrogen-bond acceptors (Lipinski definition) is 6. The summed E-state index contributed by atoms with van der Waals surface area (Å²) in [7, 11) is -4.17. The van der Waals surface area contributed by atoms with Crippen LogP contribution in [0.1, 0.15) is 274 Å². The van der Waals surface area contributed by atoms with Gasteiger partial charge in [0.1, 0.15) is 5.75 Å². The zero-order valence-electron chi connectivity index (χ0n) is 61.9. The molecule has 2 N–H and O–H groups in total. The van der Waals surface area contributed by atoms with Gasteiger partial charge < -0.3 is 31.6 Å². The average molecular weight is 1510 g/mol. The van der Waals surface area contributed by atoms with Crippen molar-refractivity contribution in [3.63, 3.8) is 0 Å². The van der Waals surface area contributed by atoms with E-state index in [1.165, 1.54) is 133 Å². The normalized spacial score (nSPS) is 22.9. The van der Waals surface area contributed by atoms with Gasteiger partial charge >= 0.3 is 301 Å². The van der Waals surface area contributed by atoms with Crippen molar-refractivity contribution in [2.45, 2.75) is 257 Å². The minimum Gasteiger partial charge on any atom is -0.507 e. The molecule has 8 bridgehead atoms. The summed E-state index contributed by atoms with van der Waals surface area (Å²) in [6.07, 6.45) is 18.5. The van der Waals surface area contributed by atoms with Gasteiger partial charge in [-0.15, -0.1) is 0 Å². The maximum absolute atomic E-state index is 12.1. The number of ether oxygens (including phenoxy) is 1. The van der Waals surface area contributed by atoms with Gasteiger partial charge in [0, 0.05) is 24.8 Å². The van der Waals surface area contributed by atoms with Crippen LogP contribution in [-0.4, -0.2) is 57.2 Å².